The molecule has 1 aromatic carbocycles. The fraction of sp³-hybridized carbons (Fsp3) is 0.562. The summed E-state index contributed by atoms with van der Waals surface area (Å²) in [7, 11) is -3.57. The molecule has 0 bridgehead atoms. The van der Waals surface area contributed by atoms with E-state index in [2.05, 4.69) is 19.5 Å². The zero-order valence-corrected chi connectivity index (χ0v) is 13.9. The molecular weight excluding hydrogens is 312 g/mol. The van der Waals surface area contributed by atoms with Gasteiger partial charge in [-0.15, -0.1) is 4.40 Å². The largest absolute Gasteiger partial charge is 0.341 e. The Morgan fingerprint density at radius 1 is 1.09 bits per heavy atom. The zero-order valence-electron chi connectivity index (χ0n) is 13.1. The second-order valence-corrected chi connectivity index (χ2v) is 8.23. The summed E-state index contributed by atoms with van der Waals surface area (Å²) >= 11 is 0. The Morgan fingerprint density at radius 2 is 1.78 bits per heavy atom. The lowest BCUT2D eigenvalue weighted by molar-refractivity contribution is 0.141. The van der Waals surface area contributed by atoms with Crippen molar-refractivity contribution in [1.82, 2.24) is 9.80 Å². The molecule has 0 unspecified atom stereocenters. The van der Waals surface area contributed by atoms with Gasteiger partial charge in [-0.05, 0) is 30.9 Å². The van der Waals surface area contributed by atoms with Gasteiger partial charge >= 0.3 is 0 Å². The maximum absolute atomic E-state index is 12.3. The van der Waals surface area contributed by atoms with Crippen molar-refractivity contribution in [3.8, 4) is 0 Å². The van der Waals surface area contributed by atoms with Crippen LogP contribution in [-0.2, 0) is 10.0 Å². The first kappa shape index (κ1) is 15.1. The van der Waals surface area contributed by atoms with Crippen LogP contribution in [0.2, 0.25) is 0 Å². The minimum Gasteiger partial charge on any atom is -0.341 e. The molecule has 1 aliphatic carbocycles. The molecule has 1 aromatic rings. The molecule has 7 heteroatoms. The molecular formula is C16H22N4O2S. The Balaban J connectivity index is 1.39. The van der Waals surface area contributed by atoms with Gasteiger partial charge in [-0.3, -0.25) is 4.90 Å². The predicted octanol–water partition coefficient (Wildman–Crippen LogP) is 1.23. The van der Waals surface area contributed by atoms with Gasteiger partial charge in [0.1, 0.15) is 10.7 Å². The normalized spacial score (nSPS) is 24.6. The molecule has 6 nitrogen and oxygen atoms in total. The lowest BCUT2D eigenvalue weighted by Gasteiger charge is -2.35. The first-order valence-corrected chi connectivity index (χ1v) is 9.69. The zero-order chi connectivity index (χ0) is 15.9. The molecule has 0 radical (unpaired) electrons. The van der Waals surface area contributed by atoms with Gasteiger partial charge in [-0.1, -0.05) is 12.1 Å². The van der Waals surface area contributed by atoms with E-state index in [-0.39, 0.29) is 4.90 Å². The highest BCUT2D eigenvalue weighted by Gasteiger charge is 2.28. The van der Waals surface area contributed by atoms with Crippen LogP contribution in [0.1, 0.15) is 12.8 Å². The summed E-state index contributed by atoms with van der Waals surface area (Å²) < 4.78 is 28.5. The summed E-state index contributed by atoms with van der Waals surface area (Å²) in [6.07, 6.45) is 2.77. The SMILES string of the molecule is O=S1(=O)N=C(CN2CCN(CC3CC3)CC2)Nc2ccccc21. The van der Waals surface area contributed by atoms with Gasteiger partial charge in [0.2, 0.25) is 0 Å². The van der Waals surface area contributed by atoms with Crippen molar-refractivity contribution in [3.05, 3.63) is 24.3 Å². The van der Waals surface area contributed by atoms with Gasteiger partial charge in [-0.25, -0.2) is 0 Å². The number of hydrogen-bond acceptors (Lipinski definition) is 5. The van der Waals surface area contributed by atoms with E-state index < -0.39 is 10.0 Å². The Kier molecular flexibility index (Phi) is 3.87. The standard InChI is InChI=1S/C16H22N4O2S/c21-23(22)15-4-2-1-3-14(15)17-16(18-23)12-20-9-7-19(8-10-20)11-13-5-6-13/h1-4,13H,5-12H2,(H,17,18). The van der Waals surface area contributed by atoms with E-state index in [9.17, 15) is 8.42 Å². The van der Waals surface area contributed by atoms with Gasteiger partial charge < -0.3 is 10.2 Å². The summed E-state index contributed by atoms with van der Waals surface area (Å²) in [5.74, 6) is 1.45. The number of rotatable bonds is 4. The van der Waals surface area contributed by atoms with E-state index >= 15 is 0 Å². The molecule has 0 amide bonds. The van der Waals surface area contributed by atoms with Crippen LogP contribution in [0, 0.1) is 5.92 Å². The van der Waals surface area contributed by atoms with E-state index in [0.717, 1.165) is 32.1 Å². The van der Waals surface area contributed by atoms with Crippen LogP contribution < -0.4 is 5.32 Å². The Labute approximate surface area is 137 Å². The van der Waals surface area contributed by atoms with E-state index in [1.54, 1.807) is 18.2 Å². The number of piperazine rings is 1. The fourth-order valence-electron chi connectivity index (χ4n) is 3.24. The highest BCUT2D eigenvalue weighted by Crippen LogP contribution is 2.30. The Bertz CT molecular complexity index is 719. The Morgan fingerprint density at radius 3 is 2.52 bits per heavy atom. The average molecular weight is 334 g/mol. The van der Waals surface area contributed by atoms with E-state index in [4.69, 9.17) is 0 Å². The van der Waals surface area contributed by atoms with Gasteiger partial charge in [-0.2, -0.15) is 8.42 Å². The highest BCUT2D eigenvalue weighted by atomic mass is 32.2. The van der Waals surface area contributed by atoms with Crippen LogP contribution in [0.15, 0.2) is 33.6 Å². The molecule has 2 fully saturated rings. The molecule has 23 heavy (non-hydrogen) atoms. The van der Waals surface area contributed by atoms with Crippen molar-refractivity contribution in [2.75, 3.05) is 44.6 Å². The van der Waals surface area contributed by atoms with Crippen molar-refractivity contribution in [1.29, 1.82) is 0 Å². The first-order valence-electron chi connectivity index (χ1n) is 8.25. The first-order chi connectivity index (χ1) is 11.1. The minimum atomic E-state index is -3.57. The number of nitrogens with zero attached hydrogens (tertiary/aromatic N) is 3. The number of sulfonamides is 1. The Hall–Kier alpha value is -1.44. The third-order valence-corrected chi connectivity index (χ3v) is 6.10. The molecule has 1 saturated heterocycles. The molecule has 4 rings (SSSR count). The van der Waals surface area contributed by atoms with Gasteiger partial charge in [0.15, 0.2) is 0 Å². The molecule has 3 aliphatic rings. The molecule has 1 saturated carbocycles. The maximum Gasteiger partial charge on any atom is 0.286 e. The molecule has 0 atom stereocenters. The third kappa shape index (κ3) is 3.41. The number of anilines is 1. The number of hydrogen-bond donors (Lipinski definition) is 1. The summed E-state index contributed by atoms with van der Waals surface area (Å²) in [6, 6.07) is 6.93. The van der Waals surface area contributed by atoms with Crippen LogP contribution in [0.3, 0.4) is 0 Å². The second-order valence-electron chi connectivity index (χ2n) is 6.65. The number of fused-ring (bicyclic) bond motifs is 1. The monoisotopic (exact) mass is 334 g/mol. The molecule has 124 valence electrons. The van der Waals surface area contributed by atoms with Crippen molar-refractivity contribution in [3.63, 3.8) is 0 Å². The number of para-hydroxylation sites is 1. The van der Waals surface area contributed by atoms with Gasteiger partial charge in [0.25, 0.3) is 10.0 Å². The molecule has 0 aromatic heterocycles. The van der Waals surface area contributed by atoms with Crippen LogP contribution in [0.25, 0.3) is 0 Å². The van der Waals surface area contributed by atoms with Crippen LogP contribution in [0.5, 0.6) is 0 Å². The lowest BCUT2D eigenvalue weighted by atomic mass is 10.2. The number of nitrogens with one attached hydrogen (secondary N) is 1. The number of benzene rings is 1. The van der Waals surface area contributed by atoms with Crippen molar-refractivity contribution >= 4 is 21.5 Å². The molecule has 2 heterocycles. The average Bonchev–Trinajstić information content (AvgIpc) is 3.33. The summed E-state index contributed by atoms with van der Waals surface area (Å²) in [5.41, 5.74) is 0.630. The van der Waals surface area contributed by atoms with E-state index in [0.29, 0.717) is 18.1 Å². The second kappa shape index (κ2) is 5.89. The molecule has 2 aliphatic heterocycles. The van der Waals surface area contributed by atoms with Gasteiger partial charge in [0.05, 0.1) is 12.2 Å². The van der Waals surface area contributed by atoms with E-state index in [1.807, 2.05) is 6.07 Å². The van der Waals surface area contributed by atoms with Crippen molar-refractivity contribution in [2.24, 2.45) is 10.3 Å². The minimum absolute atomic E-state index is 0.262. The third-order valence-electron chi connectivity index (χ3n) is 4.73. The highest BCUT2D eigenvalue weighted by molar-refractivity contribution is 7.90. The maximum atomic E-state index is 12.3. The molecule has 0 spiro atoms. The van der Waals surface area contributed by atoms with Crippen molar-refractivity contribution in [2.45, 2.75) is 17.7 Å². The fourth-order valence-corrected chi connectivity index (χ4v) is 4.38. The van der Waals surface area contributed by atoms with Crippen LogP contribution in [0.4, 0.5) is 5.69 Å². The quantitative estimate of drug-likeness (QED) is 0.897. The summed E-state index contributed by atoms with van der Waals surface area (Å²) in [4.78, 5) is 5.06. The van der Waals surface area contributed by atoms with Gasteiger partial charge in [0, 0.05) is 32.7 Å². The van der Waals surface area contributed by atoms with E-state index in [1.165, 1.54) is 19.4 Å². The molecule has 1 N–H and O–H groups in total. The van der Waals surface area contributed by atoms with Crippen molar-refractivity contribution < 1.29 is 8.42 Å². The smallest absolute Gasteiger partial charge is 0.286 e. The summed E-state index contributed by atoms with van der Waals surface area (Å²) in [6.45, 7) is 5.85. The van der Waals surface area contributed by atoms with Crippen LogP contribution in [-0.4, -0.2) is 63.3 Å². The summed E-state index contributed by atoms with van der Waals surface area (Å²) in [5, 5.41) is 3.17. The number of amidine groups is 1. The van der Waals surface area contributed by atoms with Crippen LogP contribution >= 0.6 is 0 Å². The topological polar surface area (TPSA) is 65.0 Å². The predicted molar refractivity (Wildman–Crippen MR) is 90.3 cm³/mol. The lowest BCUT2D eigenvalue weighted by Crippen LogP contribution is -2.49.